The predicted molar refractivity (Wildman–Crippen MR) is 114 cm³/mol. The summed E-state index contributed by atoms with van der Waals surface area (Å²) in [5.41, 5.74) is 3.92. The summed E-state index contributed by atoms with van der Waals surface area (Å²) < 4.78 is 5.31. The molecule has 5 rings (SSSR count). The summed E-state index contributed by atoms with van der Waals surface area (Å²) in [6.45, 7) is 0. The fourth-order valence-corrected chi connectivity index (χ4v) is 3.50. The van der Waals surface area contributed by atoms with Gasteiger partial charge in [0.05, 0.1) is 18.3 Å². The van der Waals surface area contributed by atoms with E-state index in [0.717, 1.165) is 39.3 Å². The van der Waals surface area contributed by atoms with Gasteiger partial charge in [-0.3, -0.25) is 0 Å². The van der Waals surface area contributed by atoms with E-state index >= 15 is 0 Å². The summed E-state index contributed by atoms with van der Waals surface area (Å²) in [5.74, 6) is 1.56. The highest BCUT2D eigenvalue weighted by Crippen LogP contribution is 2.32. The molecule has 3 nitrogen and oxygen atoms in total. The Hall–Kier alpha value is -3.72. The maximum absolute atomic E-state index is 5.31. The second-order valence-corrected chi connectivity index (χ2v) is 6.71. The second-order valence-electron chi connectivity index (χ2n) is 6.71. The van der Waals surface area contributed by atoms with Gasteiger partial charge in [0, 0.05) is 16.5 Å². The van der Waals surface area contributed by atoms with Crippen molar-refractivity contribution in [2.75, 3.05) is 7.11 Å². The quantitative estimate of drug-likeness (QED) is 0.362. The van der Waals surface area contributed by atoms with Crippen LogP contribution in [0, 0.1) is 0 Å². The van der Waals surface area contributed by atoms with Crippen LogP contribution in [0.25, 0.3) is 44.3 Å². The molecule has 0 aliphatic carbocycles. The molecule has 5 aromatic rings. The zero-order valence-electron chi connectivity index (χ0n) is 15.5. The summed E-state index contributed by atoms with van der Waals surface area (Å²) in [4.78, 5) is 9.83. The summed E-state index contributed by atoms with van der Waals surface area (Å²) >= 11 is 0. The molecule has 28 heavy (non-hydrogen) atoms. The van der Waals surface area contributed by atoms with Gasteiger partial charge in [0.25, 0.3) is 0 Å². The third-order valence-corrected chi connectivity index (χ3v) is 4.96. The van der Waals surface area contributed by atoms with E-state index in [0.29, 0.717) is 0 Å². The van der Waals surface area contributed by atoms with Crippen molar-refractivity contribution in [2.24, 2.45) is 0 Å². The number of methoxy groups -OCH3 is 1. The zero-order valence-corrected chi connectivity index (χ0v) is 15.5. The molecule has 134 valence electrons. The molecule has 0 aliphatic rings. The lowest BCUT2D eigenvalue weighted by Crippen LogP contribution is -1.95. The highest BCUT2D eigenvalue weighted by atomic mass is 16.5. The number of fused-ring (bicyclic) bond motifs is 2. The fourth-order valence-electron chi connectivity index (χ4n) is 3.50. The van der Waals surface area contributed by atoms with Crippen LogP contribution in [0.3, 0.4) is 0 Å². The summed E-state index contributed by atoms with van der Waals surface area (Å²) in [5, 5.41) is 3.40. The molecule has 4 aromatic carbocycles. The van der Waals surface area contributed by atoms with Crippen LogP contribution in [0.4, 0.5) is 0 Å². The lowest BCUT2D eigenvalue weighted by atomic mass is 10.0. The molecule has 0 saturated heterocycles. The minimum absolute atomic E-state index is 0.731. The molecule has 0 radical (unpaired) electrons. The molecule has 0 atom stereocenters. The van der Waals surface area contributed by atoms with Crippen LogP contribution >= 0.6 is 0 Å². The number of benzene rings is 4. The van der Waals surface area contributed by atoms with Crippen molar-refractivity contribution in [3.05, 3.63) is 91.0 Å². The van der Waals surface area contributed by atoms with E-state index in [9.17, 15) is 0 Å². The minimum Gasteiger partial charge on any atom is -0.497 e. The Kier molecular flexibility index (Phi) is 3.99. The largest absolute Gasteiger partial charge is 0.497 e. The van der Waals surface area contributed by atoms with Crippen molar-refractivity contribution in [1.82, 2.24) is 9.97 Å². The molecule has 0 saturated carbocycles. The Bertz CT molecular complexity index is 1280. The van der Waals surface area contributed by atoms with Crippen molar-refractivity contribution in [2.45, 2.75) is 0 Å². The Morgan fingerprint density at radius 3 is 2.04 bits per heavy atom. The number of nitrogens with zero attached hydrogens (tertiary/aromatic N) is 2. The van der Waals surface area contributed by atoms with Crippen LogP contribution in [0.2, 0.25) is 0 Å². The molecule has 3 heteroatoms. The second kappa shape index (κ2) is 6.78. The van der Waals surface area contributed by atoms with Gasteiger partial charge in [-0.05, 0) is 47.2 Å². The highest BCUT2D eigenvalue weighted by molar-refractivity contribution is 6.02. The zero-order chi connectivity index (χ0) is 18.9. The normalized spacial score (nSPS) is 11.0. The van der Waals surface area contributed by atoms with E-state index in [1.165, 1.54) is 10.8 Å². The average molecular weight is 362 g/mol. The van der Waals surface area contributed by atoms with E-state index in [2.05, 4.69) is 36.4 Å². The van der Waals surface area contributed by atoms with Crippen molar-refractivity contribution in [3.8, 4) is 28.4 Å². The molecule has 0 spiro atoms. The average Bonchev–Trinajstić information content (AvgIpc) is 2.77. The molecule has 0 unspecified atom stereocenters. The van der Waals surface area contributed by atoms with Crippen molar-refractivity contribution in [3.63, 3.8) is 0 Å². The van der Waals surface area contributed by atoms with Crippen molar-refractivity contribution in [1.29, 1.82) is 0 Å². The Morgan fingerprint density at radius 1 is 0.643 bits per heavy atom. The Morgan fingerprint density at radius 2 is 1.32 bits per heavy atom. The van der Waals surface area contributed by atoms with Crippen molar-refractivity contribution < 1.29 is 4.74 Å². The monoisotopic (exact) mass is 362 g/mol. The molecule has 0 N–H and O–H groups in total. The smallest absolute Gasteiger partial charge is 0.160 e. The standard InChI is InChI=1S/C25H18N2O/c1-28-21-13-11-17(12-14-21)24-22-15-19-9-5-6-10-20(19)16-23(22)26-25(27-24)18-7-3-2-4-8-18/h2-16H,1H3. The summed E-state index contributed by atoms with van der Waals surface area (Å²) in [6.07, 6.45) is 0. The lowest BCUT2D eigenvalue weighted by molar-refractivity contribution is 0.415. The van der Waals surface area contributed by atoms with Crippen LogP contribution in [0.1, 0.15) is 0 Å². The maximum Gasteiger partial charge on any atom is 0.160 e. The van der Waals surface area contributed by atoms with E-state index < -0.39 is 0 Å². The molecular formula is C25H18N2O. The number of hydrogen-bond acceptors (Lipinski definition) is 3. The maximum atomic E-state index is 5.31. The van der Waals surface area contributed by atoms with E-state index in [1.54, 1.807) is 7.11 Å². The first-order valence-corrected chi connectivity index (χ1v) is 9.22. The van der Waals surface area contributed by atoms with Gasteiger partial charge in [0.2, 0.25) is 0 Å². The van der Waals surface area contributed by atoms with Gasteiger partial charge in [-0.25, -0.2) is 9.97 Å². The van der Waals surface area contributed by atoms with Crippen LogP contribution in [0.5, 0.6) is 5.75 Å². The topological polar surface area (TPSA) is 35.0 Å². The van der Waals surface area contributed by atoms with Gasteiger partial charge in [-0.2, -0.15) is 0 Å². The van der Waals surface area contributed by atoms with Crippen LogP contribution in [0.15, 0.2) is 91.0 Å². The predicted octanol–water partition coefficient (Wildman–Crippen LogP) is 6.13. The van der Waals surface area contributed by atoms with E-state index in [4.69, 9.17) is 14.7 Å². The van der Waals surface area contributed by atoms with E-state index in [1.807, 2.05) is 54.6 Å². The minimum atomic E-state index is 0.731. The first-order chi connectivity index (χ1) is 13.8. The molecule has 1 heterocycles. The van der Waals surface area contributed by atoms with Gasteiger partial charge in [0.15, 0.2) is 5.82 Å². The SMILES string of the molecule is COc1ccc(-c2nc(-c3ccccc3)nc3cc4ccccc4cc23)cc1. The van der Waals surface area contributed by atoms with Gasteiger partial charge in [0.1, 0.15) is 5.75 Å². The van der Waals surface area contributed by atoms with Gasteiger partial charge < -0.3 is 4.74 Å². The third-order valence-electron chi connectivity index (χ3n) is 4.96. The molecule has 0 fully saturated rings. The van der Waals surface area contributed by atoms with Crippen LogP contribution < -0.4 is 4.74 Å². The summed E-state index contributed by atoms with van der Waals surface area (Å²) in [6, 6.07) is 30.8. The molecule has 1 aromatic heterocycles. The number of ether oxygens (including phenoxy) is 1. The summed E-state index contributed by atoms with van der Waals surface area (Å²) in [7, 11) is 1.68. The molecule has 0 aliphatic heterocycles. The van der Waals surface area contributed by atoms with E-state index in [-0.39, 0.29) is 0 Å². The fraction of sp³-hybridized carbons (Fsp3) is 0.0400. The Labute approximate surface area is 163 Å². The highest BCUT2D eigenvalue weighted by Gasteiger charge is 2.12. The molecule has 0 amide bonds. The van der Waals surface area contributed by atoms with Gasteiger partial charge in [-0.1, -0.05) is 54.6 Å². The number of rotatable bonds is 3. The molecular weight excluding hydrogens is 344 g/mol. The first-order valence-electron chi connectivity index (χ1n) is 9.22. The third kappa shape index (κ3) is 2.87. The van der Waals surface area contributed by atoms with Crippen LogP contribution in [-0.4, -0.2) is 17.1 Å². The Balaban J connectivity index is 1.82. The number of aromatic nitrogens is 2. The van der Waals surface area contributed by atoms with Gasteiger partial charge in [-0.15, -0.1) is 0 Å². The molecule has 0 bridgehead atoms. The van der Waals surface area contributed by atoms with Crippen LogP contribution in [-0.2, 0) is 0 Å². The van der Waals surface area contributed by atoms with Crippen molar-refractivity contribution >= 4 is 21.7 Å². The number of hydrogen-bond donors (Lipinski definition) is 0. The van der Waals surface area contributed by atoms with Gasteiger partial charge >= 0.3 is 0 Å². The first kappa shape index (κ1) is 16.5. The lowest BCUT2D eigenvalue weighted by Gasteiger charge is -2.11.